The molecular formula is C17H29N3. The van der Waals surface area contributed by atoms with Crippen molar-refractivity contribution < 1.29 is 0 Å². The second-order valence-electron chi connectivity index (χ2n) is 6.33. The summed E-state index contributed by atoms with van der Waals surface area (Å²) in [7, 11) is 6.36. The average molecular weight is 275 g/mol. The molecule has 0 saturated heterocycles. The van der Waals surface area contributed by atoms with Gasteiger partial charge in [-0.15, -0.1) is 0 Å². The van der Waals surface area contributed by atoms with Crippen LogP contribution in [0, 0.1) is 5.92 Å². The normalized spacial score (nSPS) is 17.6. The molecule has 1 atom stereocenters. The van der Waals surface area contributed by atoms with Crippen LogP contribution in [0.25, 0.3) is 0 Å². The van der Waals surface area contributed by atoms with Gasteiger partial charge in [-0.25, -0.2) is 0 Å². The predicted octanol–water partition coefficient (Wildman–Crippen LogP) is 2.87. The van der Waals surface area contributed by atoms with Crippen LogP contribution in [0.5, 0.6) is 0 Å². The Morgan fingerprint density at radius 2 is 1.70 bits per heavy atom. The van der Waals surface area contributed by atoms with Crippen LogP contribution in [0.2, 0.25) is 0 Å². The molecule has 3 nitrogen and oxygen atoms in total. The van der Waals surface area contributed by atoms with E-state index in [1.807, 2.05) is 0 Å². The molecule has 1 aliphatic rings. The summed E-state index contributed by atoms with van der Waals surface area (Å²) in [5.41, 5.74) is 8.60. The molecule has 1 aromatic carbocycles. The Hall–Kier alpha value is -1.06. The van der Waals surface area contributed by atoms with Crippen LogP contribution in [0.3, 0.4) is 0 Å². The number of likely N-dealkylation sites (N-methyl/N-ethyl adjacent to an activating group) is 1. The van der Waals surface area contributed by atoms with Crippen molar-refractivity contribution in [2.45, 2.75) is 31.7 Å². The van der Waals surface area contributed by atoms with Gasteiger partial charge in [-0.2, -0.15) is 0 Å². The third kappa shape index (κ3) is 3.74. The van der Waals surface area contributed by atoms with E-state index in [1.54, 1.807) is 0 Å². The fraction of sp³-hybridized carbons (Fsp3) is 0.647. The highest BCUT2D eigenvalue weighted by atomic mass is 15.1. The Balaban J connectivity index is 2.02. The van der Waals surface area contributed by atoms with Gasteiger partial charge in [0.1, 0.15) is 0 Å². The average Bonchev–Trinajstić information content (AvgIpc) is 2.93. The number of hydrogen-bond acceptors (Lipinski definition) is 3. The van der Waals surface area contributed by atoms with Gasteiger partial charge in [-0.1, -0.05) is 25.0 Å². The van der Waals surface area contributed by atoms with Gasteiger partial charge in [0.25, 0.3) is 0 Å². The zero-order chi connectivity index (χ0) is 14.5. The molecule has 1 aromatic rings. The molecule has 1 unspecified atom stereocenters. The summed E-state index contributed by atoms with van der Waals surface area (Å²) in [4.78, 5) is 4.57. The van der Waals surface area contributed by atoms with Crippen molar-refractivity contribution in [1.82, 2.24) is 4.90 Å². The zero-order valence-electron chi connectivity index (χ0n) is 13.2. The third-order valence-corrected chi connectivity index (χ3v) is 4.57. The molecule has 3 heteroatoms. The van der Waals surface area contributed by atoms with Crippen LogP contribution in [0.15, 0.2) is 24.3 Å². The quantitative estimate of drug-likeness (QED) is 0.866. The molecule has 0 bridgehead atoms. The second kappa shape index (κ2) is 7.09. The van der Waals surface area contributed by atoms with Gasteiger partial charge in [0.15, 0.2) is 0 Å². The van der Waals surface area contributed by atoms with Crippen molar-refractivity contribution in [3.8, 4) is 0 Å². The van der Waals surface area contributed by atoms with E-state index in [1.165, 1.54) is 43.5 Å². The lowest BCUT2D eigenvalue weighted by atomic mass is 10.0. The Morgan fingerprint density at radius 3 is 2.20 bits per heavy atom. The van der Waals surface area contributed by atoms with E-state index in [9.17, 15) is 0 Å². The first kappa shape index (κ1) is 15.3. The van der Waals surface area contributed by atoms with Crippen LogP contribution >= 0.6 is 0 Å². The van der Waals surface area contributed by atoms with Crippen LogP contribution < -0.4 is 10.6 Å². The second-order valence-corrected chi connectivity index (χ2v) is 6.33. The van der Waals surface area contributed by atoms with E-state index in [0.717, 1.165) is 5.92 Å². The van der Waals surface area contributed by atoms with Gasteiger partial charge < -0.3 is 10.6 Å². The molecule has 0 heterocycles. The first-order chi connectivity index (χ1) is 9.61. The fourth-order valence-corrected chi connectivity index (χ4v) is 3.29. The minimum Gasteiger partial charge on any atom is -0.378 e. The molecule has 2 rings (SSSR count). The van der Waals surface area contributed by atoms with Crippen molar-refractivity contribution in [1.29, 1.82) is 0 Å². The fourth-order valence-electron chi connectivity index (χ4n) is 3.29. The third-order valence-electron chi connectivity index (χ3n) is 4.57. The molecule has 20 heavy (non-hydrogen) atoms. The van der Waals surface area contributed by atoms with E-state index in [2.05, 4.69) is 55.2 Å². The van der Waals surface area contributed by atoms with Crippen LogP contribution in [-0.2, 0) is 0 Å². The number of rotatable bonds is 6. The largest absolute Gasteiger partial charge is 0.378 e. The molecular weight excluding hydrogens is 246 g/mol. The van der Waals surface area contributed by atoms with Crippen LogP contribution in [-0.4, -0.2) is 39.1 Å². The standard InChI is InChI=1S/C17H29N3/c1-19(2)16-10-8-15(9-11-16)17(12-18)20(3)13-14-6-4-5-7-14/h8-11,14,17H,4-7,12-13,18H2,1-3H3. The van der Waals surface area contributed by atoms with Crippen molar-refractivity contribution >= 4 is 5.69 Å². The number of benzene rings is 1. The molecule has 1 aliphatic carbocycles. The maximum Gasteiger partial charge on any atom is 0.0467 e. The highest BCUT2D eigenvalue weighted by Gasteiger charge is 2.21. The zero-order valence-corrected chi connectivity index (χ0v) is 13.2. The monoisotopic (exact) mass is 275 g/mol. The Morgan fingerprint density at radius 1 is 1.10 bits per heavy atom. The lowest BCUT2D eigenvalue weighted by molar-refractivity contribution is 0.212. The molecule has 0 aromatic heterocycles. The minimum absolute atomic E-state index is 0.340. The van der Waals surface area contributed by atoms with Gasteiger partial charge in [-0.05, 0) is 43.5 Å². The van der Waals surface area contributed by atoms with Crippen molar-refractivity contribution in [2.24, 2.45) is 11.7 Å². The Labute approximate surface area is 123 Å². The summed E-state index contributed by atoms with van der Waals surface area (Å²) in [6.07, 6.45) is 5.59. The summed E-state index contributed by atoms with van der Waals surface area (Å²) in [6.45, 7) is 1.86. The highest BCUT2D eigenvalue weighted by molar-refractivity contribution is 5.46. The number of anilines is 1. The molecule has 112 valence electrons. The summed E-state index contributed by atoms with van der Waals surface area (Å²) >= 11 is 0. The van der Waals surface area contributed by atoms with Gasteiger partial charge in [0.05, 0.1) is 0 Å². The van der Waals surface area contributed by atoms with E-state index in [4.69, 9.17) is 5.73 Å². The number of hydrogen-bond donors (Lipinski definition) is 1. The van der Waals surface area contributed by atoms with Crippen LogP contribution in [0.4, 0.5) is 5.69 Å². The minimum atomic E-state index is 0.340. The number of nitrogens with two attached hydrogens (primary N) is 1. The van der Waals surface area contributed by atoms with Crippen molar-refractivity contribution in [2.75, 3.05) is 39.1 Å². The summed E-state index contributed by atoms with van der Waals surface area (Å²) in [6, 6.07) is 9.14. The molecule has 2 N–H and O–H groups in total. The maximum atomic E-state index is 6.03. The van der Waals surface area contributed by atoms with E-state index in [-0.39, 0.29) is 0 Å². The Kier molecular flexibility index (Phi) is 5.44. The predicted molar refractivity (Wildman–Crippen MR) is 87.2 cm³/mol. The summed E-state index contributed by atoms with van der Waals surface area (Å²) < 4.78 is 0. The molecule has 0 aliphatic heterocycles. The molecule has 0 amide bonds. The van der Waals surface area contributed by atoms with Crippen molar-refractivity contribution in [3.63, 3.8) is 0 Å². The van der Waals surface area contributed by atoms with E-state index in [0.29, 0.717) is 12.6 Å². The van der Waals surface area contributed by atoms with Crippen molar-refractivity contribution in [3.05, 3.63) is 29.8 Å². The lowest BCUT2D eigenvalue weighted by Gasteiger charge is -2.30. The smallest absolute Gasteiger partial charge is 0.0467 e. The van der Waals surface area contributed by atoms with Gasteiger partial charge in [0, 0.05) is 38.9 Å². The number of nitrogens with zero attached hydrogens (tertiary/aromatic N) is 2. The molecule has 1 fully saturated rings. The summed E-state index contributed by atoms with van der Waals surface area (Å²) in [5, 5.41) is 0. The van der Waals surface area contributed by atoms with E-state index < -0.39 is 0 Å². The molecule has 0 radical (unpaired) electrons. The molecule has 1 saturated carbocycles. The molecule has 0 spiro atoms. The first-order valence-electron chi connectivity index (χ1n) is 7.79. The lowest BCUT2D eigenvalue weighted by Crippen LogP contribution is -2.33. The topological polar surface area (TPSA) is 32.5 Å². The maximum absolute atomic E-state index is 6.03. The highest BCUT2D eigenvalue weighted by Crippen LogP contribution is 2.28. The van der Waals surface area contributed by atoms with Gasteiger partial charge in [-0.3, -0.25) is 4.90 Å². The van der Waals surface area contributed by atoms with Gasteiger partial charge >= 0.3 is 0 Å². The Bertz CT molecular complexity index is 393. The van der Waals surface area contributed by atoms with E-state index >= 15 is 0 Å². The SMILES string of the molecule is CN(C)c1ccc(C(CN)N(C)CC2CCCC2)cc1. The first-order valence-corrected chi connectivity index (χ1v) is 7.79. The van der Waals surface area contributed by atoms with Crippen LogP contribution in [0.1, 0.15) is 37.3 Å². The summed E-state index contributed by atoms with van der Waals surface area (Å²) in [5.74, 6) is 0.870. The van der Waals surface area contributed by atoms with Gasteiger partial charge in [0.2, 0.25) is 0 Å².